The molecule has 1 aliphatic heterocycles. The highest BCUT2D eigenvalue weighted by atomic mass is 32.1. The average molecular weight is 318 g/mol. The van der Waals surface area contributed by atoms with Gasteiger partial charge in [-0.3, -0.25) is 0 Å². The third-order valence-electron chi connectivity index (χ3n) is 2.94. The molecule has 0 saturated carbocycles. The first kappa shape index (κ1) is 15.6. The number of thiophene rings is 1. The highest BCUT2D eigenvalue weighted by Crippen LogP contribution is 2.32. The van der Waals surface area contributed by atoms with Crippen LogP contribution in [-0.4, -0.2) is 30.9 Å². The van der Waals surface area contributed by atoms with E-state index < -0.39 is 23.4 Å². The Kier molecular flexibility index (Phi) is 4.36. The summed E-state index contributed by atoms with van der Waals surface area (Å²) in [5.74, 6) is -1.08. The molecule has 8 heteroatoms. The molecular formula is C13H13F3N2O2S. The number of hydrogen-bond acceptors (Lipinski definition) is 5. The first-order valence-electron chi connectivity index (χ1n) is 6.30. The number of hydrogen-bond donors (Lipinski definition) is 0. The van der Waals surface area contributed by atoms with Crippen molar-refractivity contribution in [2.45, 2.75) is 20.0 Å². The van der Waals surface area contributed by atoms with Gasteiger partial charge in [-0.1, -0.05) is 5.16 Å². The molecule has 21 heavy (non-hydrogen) atoms. The van der Waals surface area contributed by atoms with Crippen molar-refractivity contribution in [1.29, 1.82) is 0 Å². The molecule has 0 saturated heterocycles. The minimum absolute atomic E-state index is 0.544. The summed E-state index contributed by atoms with van der Waals surface area (Å²) in [6, 6.07) is 3.49. The van der Waals surface area contributed by atoms with Gasteiger partial charge in [-0.15, -0.1) is 11.3 Å². The molecule has 0 N–H and O–H groups in total. The fraction of sp³-hybridized carbons (Fsp3) is 0.385. The van der Waals surface area contributed by atoms with E-state index in [-0.39, 0.29) is 0 Å². The average Bonchev–Trinajstić information content (AvgIpc) is 2.99. The van der Waals surface area contributed by atoms with Gasteiger partial charge in [-0.25, -0.2) is 4.79 Å². The van der Waals surface area contributed by atoms with E-state index in [0.29, 0.717) is 4.88 Å². The van der Waals surface area contributed by atoms with Crippen molar-refractivity contribution in [3.8, 4) is 0 Å². The Hall–Kier alpha value is -1.83. The third kappa shape index (κ3) is 3.26. The largest absolute Gasteiger partial charge is 0.437 e. The Labute approximate surface area is 123 Å². The number of oxime groups is 1. The van der Waals surface area contributed by atoms with E-state index in [4.69, 9.17) is 0 Å². The van der Waals surface area contributed by atoms with Crippen molar-refractivity contribution in [2.24, 2.45) is 5.16 Å². The summed E-state index contributed by atoms with van der Waals surface area (Å²) in [6.07, 6.45) is -3.55. The van der Waals surface area contributed by atoms with Crippen LogP contribution in [0, 0.1) is 0 Å². The fourth-order valence-corrected chi connectivity index (χ4v) is 2.96. The summed E-state index contributed by atoms with van der Waals surface area (Å²) >= 11 is 1.31. The predicted octanol–water partition coefficient (Wildman–Crippen LogP) is 3.45. The van der Waals surface area contributed by atoms with Crippen LogP contribution < -0.4 is 4.90 Å². The summed E-state index contributed by atoms with van der Waals surface area (Å²) < 4.78 is 38.2. The lowest BCUT2D eigenvalue weighted by molar-refractivity contribution is -0.136. The van der Waals surface area contributed by atoms with E-state index >= 15 is 0 Å². The van der Waals surface area contributed by atoms with Crippen LogP contribution in [0.25, 0.3) is 6.08 Å². The van der Waals surface area contributed by atoms with Crippen molar-refractivity contribution in [3.63, 3.8) is 0 Å². The number of halogens is 3. The smallest absolute Gasteiger partial charge is 0.364 e. The zero-order valence-electron chi connectivity index (χ0n) is 11.4. The molecule has 0 spiro atoms. The zero-order chi connectivity index (χ0) is 15.6. The van der Waals surface area contributed by atoms with Gasteiger partial charge in [0.25, 0.3) is 0 Å². The monoisotopic (exact) mass is 318 g/mol. The van der Waals surface area contributed by atoms with Crippen molar-refractivity contribution in [3.05, 3.63) is 22.6 Å². The van der Waals surface area contributed by atoms with Gasteiger partial charge in [0.05, 0.1) is 10.6 Å². The van der Waals surface area contributed by atoms with Crippen LogP contribution in [0.5, 0.6) is 0 Å². The summed E-state index contributed by atoms with van der Waals surface area (Å²) in [4.78, 5) is 18.1. The molecule has 2 heterocycles. The lowest BCUT2D eigenvalue weighted by atomic mass is 10.1. The maximum atomic E-state index is 12.7. The number of alkyl halides is 3. The van der Waals surface area contributed by atoms with E-state index in [0.717, 1.165) is 18.1 Å². The molecule has 0 bridgehead atoms. The molecular weight excluding hydrogens is 305 g/mol. The molecule has 0 unspecified atom stereocenters. The second-order valence-corrected chi connectivity index (χ2v) is 5.32. The molecule has 1 aliphatic rings. The number of nitrogens with zero attached hydrogens (tertiary/aromatic N) is 2. The quantitative estimate of drug-likeness (QED) is 0.631. The molecule has 1 aromatic heterocycles. The van der Waals surface area contributed by atoms with Crippen LogP contribution in [0.4, 0.5) is 18.2 Å². The van der Waals surface area contributed by atoms with Crippen LogP contribution >= 0.6 is 11.3 Å². The van der Waals surface area contributed by atoms with Crippen LogP contribution in [0.3, 0.4) is 0 Å². The summed E-state index contributed by atoms with van der Waals surface area (Å²) in [7, 11) is 0. The van der Waals surface area contributed by atoms with Gasteiger partial charge in [0.1, 0.15) is 0 Å². The Morgan fingerprint density at radius 3 is 2.57 bits per heavy atom. The molecule has 0 atom stereocenters. The molecule has 0 aromatic carbocycles. The van der Waals surface area contributed by atoms with Gasteiger partial charge in [0.2, 0.25) is 0 Å². The molecule has 0 fully saturated rings. The van der Waals surface area contributed by atoms with Crippen molar-refractivity contribution in [2.75, 3.05) is 18.0 Å². The molecule has 2 rings (SSSR count). The first-order valence-corrected chi connectivity index (χ1v) is 7.11. The first-order chi connectivity index (χ1) is 9.86. The van der Waals surface area contributed by atoms with Crippen molar-refractivity contribution >= 4 is 34.1 Å². The van der Waals surface area contributed by atoms with E-state index in [2.05, 4.69) is 14.9 Å². The Morgan fingerprint density at radius 2 is 2.00 bits per heavy atom. The highest BCUT2D eigenvalue weighted by Gasteiger charge is 2.45. The Bertz CT molecular complexity index is 601. The minimum Gasteiger partial charge on any atom is -0.364 e. The minimum atomic E-state index is -4.71. The maximum Gasteiger partial charge on any atom is 0.437 e. The lowest BCUT2D eigenvalue weighted by Gasteiger charge is -2.17. The van der Waals surface area contributed by atoms with Crippen molar-refractivity contribution < 1.29 is 22.8 Å². The maximum absolute atomic E-state index is 12.7. The topological polar surface area (TPSA) is 41.9 Å². The van der Waals surface area contributed by atoms with E-state index in [1.54, 1.807) is 6.07 Å². The number of carbonyl (C=O) groups excluding carboxylic acids is 1. The predicted molar refractivity (Wildman–Crippen MR) is 75.4 cm³/mol. The Balaban J connectivity index is 2.31. The molecule has 0 amide bonds. The molecule has 114 valence electrons. The van der Waals surface area contributed by atoms with Crippen LogP contribution in [0.15, 0.2) is 22.9 Å². The second kappa shape index (κ2) is 5.88. The van der Waals surface area contributed by atoms with Crippen LogP contribution in [-0.2, 0) is 9.63 Å². The number of carbonyl (C=O) groups is 1. The van der Waals surface area contributed by atoms with Crippen LogP contribution in [0.1, 0.15) is 18.7 Å². The van der Waals surface area contributed by atoms with Gasteiger partial charge in [0.15, 0.2) is 5.71 Å². The lowest BCUT2D eigenvalue weighted by Crippen LogP contribution is -2.24. The number of anilines is 1. The van der Waals surface area contributed by atoms with Gasteiger partial charge < -0.3 is 9.74 Å². The van der Waals surface area contributed by atoms with Gasteiger partial charge in [0, 0.05) is 18.0 Å². The third-order valence-corrected chi connectivity index (χ3v) is 4.03. The SMILES string of the molecule is CCN(CC)c1ccc(/C=C2/C(=O)ON=C2C(F)(F)F)s1. The zero-order valence-corrected chi connectivity index (χ0v) is 12.2. The van der Waals surface area contributed by atoms with Gasteiger partial charge in [-0.2, -0.15) is 13.2 Å². The van der Waals surface area contributed by atoms with Gasteiger partial charge in [-0.05, 0) is 32.1 Å². The van der Waals surface area contributed by atoms with Crippen LogP contribution in [0.2, 0.25) is 0 Å². The molecule has 4 nitrogen and oxygen atoms in total. The summed E-state index contributed by atoms with van der Waals surface area (Å²) in [5.41, 5.74) is -1.85. The van der Waals surface area contributed by atoms with Crippen molar-refractivity contribution in [1.82, 2.24) is 0 Å². The fourth-order valence-electron chi connectivity index (χ4n) is 1.88. The number of rotatable bonds is 4. The standard InChI is InChI=1S/C13H13F3N2O2S/c1-3-18(4-2)10-6-5-8(21-10)7-9-11(13(14,15)16)17-20-12(9)19/h5-7H,3-4H2,1-2H3/b9-7+. The summed E-state index contributed by atoms with van der Waals surface area (Å²) in [6.45, 7) is 5.57. The van der Waals surface area contributed by atoms with Gasteiger partial charge >= 0.3 is 12.1 Å². The van der Waals surface area contributed by atoms with E-state index in [9.17, 15) is 18.0 Å². The van der Waals surface area contributed by atoms with E-state index in [1.807, 2.05) is 19.9 Å². The normalized spacial score (nSPS) is 17.1. The second-order valence-electron chi connectivity index (χ2n) is 4.22. The highest BCUT2D eigenvalue weighted by molar-refractivity contribution is 7.17. The molecule has 0 radical (unpaired) electrons. The summed E-state index contributed by atoms with van der Waals surface area (Å²) in [5, 5.41) is 3.74. The Morgan fingerprint density at radius 1 is 1.33 bits per heavy atom. The molecule has 0 aliphatic carbocycles. The molecule has 1 aromatic rings. The van der Waals surface area contributed by atoms with E-state index in [1.165, 1.54) is 17.4 Å².